The van der Waals surface area contributed by atoms with Crippen LogP contribution in [-0.4, -0.2) is 80.2 Å². The monoisotopic (exact) mass is 478 g/mol. The molecule has 0 amide bonds. The lowest BCUT2D eigenvalue weighted by Gasteiger charge is -2.39. The van der Waals surface area contributed by atoms with E-state index in [1.165, 1.54) is 31.4 Å². The number of methoxy groups -OCH3 is 1. The molecule has 12 nitrogen and oxygen atoms in total. The zero-order valence-corrected chi connectivity index (χ0v) is 17.7. The third-order valence-electron chi connectivity index (χ3n) is 5.47. The number of aliphatic hydroxyl groups is 4. The highest BCUT2D eigenvalue weighted by Gasteiger charge is 2.44. The maximum atomic E-state index is 12.7. The fourth-order valence-corrected chi connectivity index (χ4v) is 3.65. The first kappa shape index (κ1) is 23.6. The van der Waals surface area contributed by atoms with Crippen LogP contribution in [-0.2, 0) is 4.74 Å². The molecule has 0 spiro atoms. The number of phenols is 2. The van der Waals surface area contributed by atoms with Crippen LogP contribution in [0.15, 0.2) is 39.5 Å². The van der Waals surface area contributed by atoms with E-state index in [0.29, 0.717) is 0 Å². The van der Waals surface area contributed by atoms with Crippen LogP contribution >= 0.6 is 0 Å². The van der Waals surface area contributed by atoms with Gasteiger partial charge in [-0.2, -0.15) is 0 Å². The van der Waals surface area contributed by atoms with Gasteiger partial charge in [0.25, 0.3) is 0 Å². The summed E-state index contributed by atoms with van der Waals surface area (Å²) in [6.45, 7) is -0.665. The maximum absolute atomic E-state index is 12.7. The van der Waals surface area contributed by atoms with E-state index in [1.54, 1.807) is 0 Å². The van der Waals surface area contributed by atoms with Gasteiger partial charge in [0.05, 0.1) is 13.7 Å². The lowest BCUT2D eigenvalue weighted by Crippen LogP contribution is -2.60. The first-order valence-corrected chi connectivity index (χ1v) is 10.0. The van der Waals surface area contributed by atoms with Gasteiger partial charge in [-0.05, 0) is 18.2 Å². The molecule has 7 N–H and O–H groups in total. The smallest absolute Gasteiger partial charge is 0.238 e. The lowest BCUT2D eigenvalue weighted by molar-refractivity contribution is -0.277. The van der Waals surface area contributed by atoms with Gasteiger partial charge in [-0.25, -0.2) is 0 Å². The van der Waals surface area contributed by atoms with Gasteiger partial charge < -0.3 is 54.4 Å². The van der Waals surface area contributed by atoms with E-state index in [2.05, 4.69) is 0 Å². The quantitative estimate of drug-likeness (QED) is 0.254. The number of phenolic OH excluding ortho intramolecular Hbond substituents is 2. The number of fused-ring (bicyclic) bond motifs is 1. The van der Waals surface area contributed by atoms with E-state index >= 15 is 0 Å². The molecule has 1 aliphatic heterocycles. The molecule has 0 aliphatic carbocycles. The van der Waals surface area contributed by atoms with Crippen molar-refractivity contribution in [3.63, 3.8) is 0 Å². The van der Waals surface area contributed by atoms with E-state index < -0.39 is 54.2 Å². The van der Waals surface area contributed by atoms with Crippen LogP contribution in [0.5, 0.6) is 28.7 Å². The average molecular weight is 478 g/mol. The normalized spacial score (nSPS) is 24.8. The van der Waals surface area contributed by atoms with Crippen molar-refractivity contribution in [3.8, 4) is 40.1 Å². The Bertz CT molecular complexity index is 1270. The Morgan fingerprint density at radius 2 is 1.71 bits per heavy atom. The van der Waals surface area contributed by atoms with Crippen molar-refractivity contribution < 1.29 is 54.4 Å². The van der Waals surface area contributed by atoms with E-state index in [0.717, 1.165) is 6.07 Å². The molecule has 0 saturated carbocycles. The second-order valence-corrected chi connectivity index (χ2v) is 7.63. The van der Waals surface area contributed by atoms with Gasteiger partial charge in [0.15, 0.2) is 17.3 Å². The second kappa shape index (κ2) is 9.00. The van der Waals surface area contributed by atoms with Crippen LogP contribution in [0.1, 0.15) is 0 Å². The Morgan fingerprint density at radius 1 is 0.971 bits per heavy atom. The molecule has 4 rings (SSSR count). The van der Waals surface area contributed by atoms with Crippen molar-refractivity contribution in [2.24, 2.45) is 0 Å². The fraction of sp³-hybridized carbons (Fsp3) is 0.318. The molecule has 1 fully saturated rings. The molecule has 0 unspecified atom stereocenters. The number of ether oxygens (including phenoxy) is 3. The third kappa shape index (κ3) is 3.97. The largest absolute Gasteiger partial charge is 0.507 e. The molecule has 1 aromatic heterocycles. The second-order valence-electron chi connectivity index (χ2n) is 7.63. The summed E-state index contributed by atoms with van der Waals surface area (Å²) in [4.78, 5) is 12.7. The van der Waals surface area contributed by atoms with E-state index in [-0.39, 0.29) is 39.5 Å². The Labute approximate surface area is 191 Å². The van der Waals surface area contributed by atoms with Crippen molar-refractivity contribution in [1.29, 1.82) is 0 Å². The van der Waals surface area contributed by atoms with Crippen molar-refractivity contribution in [3.05, 3.63) is 40.6 Å². The summed E-state index contributed by atoms with van der Waals surface area (Å²) in [5.41, 5.74) is -0.962. The average Bonchev–Trinajstić information content (AvgIpc) is 2.81. The summed E-state index contributed by atoms with van der Waals surface area (Å²) in [7, 11) is 1.32. The predicted octanol–water partition coefficient (Wildman–Crippen LogP) is -0.236. The minimum atomic E-state index is -1.71. The molecule has 5 atom stereocenters. The van der Waals surface area contributed by atoms with Gasteiger partial charge in [-0.15, -0.1) is 0 Å². The third-order valence-corrected chi connectivity index (χ3v) is 5.47. The number of hydrogen-bond donors (Lipinski definition) is 7. The first-order valence-electron chi connectivity index (χ1n) is 10.0. The van der Waals surface area contributed by atoms with Gasteiger partial charge in [0, 0.05) is 17.7 Å². The summed E-state index contributed by atoms with van der Waals surface area (Å²) in [5.74, 6) is -1.96. The van der Waals surface area contributed by atoms with Crippen LogP contribution in [0.4, 0.5) is 0 Å². The molecule has 34 heavy (non-hydrogen) atoms. The molecule has 12 heteroatoms. The Balaban J connectivity index is 1.77. The molecule has 2 aromatic carbocycles. The van der Waals surface area contributed by atoms with Crippen LogP contribution in [0.25, 0.3) is 22.3 Å². The first-order chi connectivity index (χ1) is 16.2. The Hall–Kier alpha value is -3.55. The van der Waals surface area contributed by atoms with Crippen molar-refractivity contribution >= 4 is 11.0 Å². The van der Waals surface area contributed by atoms with E-state index in [9.17, 15) is 40.5 Å². The molecular formula is C22H22O12. The fourth-order valence-electron chi connectivity index (χ4n) is 3.65. The van der Waals surface area contributed by atoms with Crippen LogP contribution in [0.3, 0.4) is 0 Å². The number of rotatable bonds is 5. The van der Waals surface area contributed by atoms with Gasteiger partial charge in [0.2, 0.25) is 17.5 Å². The molecule has 0 bridgehead atoms. The number of hydrogen-bond acceptors (Lipinski definition) is 12. The molecule has 182 valence electrons. The van der Waals surface area contributed by atoms with Crippen molar-refractivity contribution in [2.75, 3.05) is 13.7 Å². The zero-order valence-electron chi connectivity index (χ0n) is 17.7. The number of aliphatic hydroxyl groups excluding tert-OH is 4. The van der Waals surface area contributed by atoms with E-state index in [1.807, 2.05) is 0 Å². The maximum Gasteiger partial charge on any atom is 0.238 e. The Morgan fingerprint density at radius 3 is 2.38 bits per heavy atom. The van der Waals surface area contributed by atoms with Gasteiger partial charge >= 0.3 is 0 Å². The molecule has 3 aromatic rings. The molecule has 0 radical (unpaired) electrons. The predicted molar refractivity (Wildman–Crippen MR) is 114 cm³/mol. The summed E-state index contributed by atoms with van der Waals surface area (Å²) in [6.07, 6.45) is -7.74. The zero-order chi connectivity index (χ0) is 24.7. The minimum absolute atomic E-state index is 0.0576. The lowest BCUT2D eigenvalue weighted by atomic mass is 9.99. The number of aromatic hydroxyl groups is 3. The van der Waals surface area contributed by atoms with Crippen LogP contribution in [0, 0.1) is 0 Å². The number of benzene rings is 2. The highest BCUT2D eigenvalue weighted by Crippen LogP contribution is 2.38. The molecule has 1 aliphatic rings. The summed E-state index contributed by atoms with van der Waals surface area (Å²) in [6, 6.07) is 6.15. The summed E-state index contributed by atoms with van der Waals surface area (Å²) >= 11 is 0. The van der Waals surface area contributed by atoms with Crippen LogP contribution in [0.2, 0.25) is 0 Å². The Kier molecular flexibility index (Phi) is 6.25. The summed E-state index contributed by atoms with van der Waals surface area (Å²) < 4.78 is 21.4. The molecular weight excluding hydrogens is 456 g/mol. The SMILES string of the molecule is COc1cc(-c2oc3cc(O[C@@H]4O[C@H](CO)[C@@H](O)[C@H](O)[C@H]4O)cc(O)c3c(=O)c2O)ccc1O. The minimum Gasteiger partial charge on any atom is -0.507 e. The van der Waals surface area contributed by atoms with E-state index in [4.69, 9.17) is 18.6 Å². The van der Waals surface area contributed by atoms with Crippen molar-refractivity contribution in [1.82, 2.24) is 0 Å². The topological polar surface area (TPSA) is 200 Å². The van der Waals surface area contributed by atoms with Crippen molar-refractivity contribution in [2.45, 2.75) is 30.7 Å². The molecule has 1 saturated heterocycles. The summed E-state index contributed by atoms with van der Waals surface area (Å²) in [5, 5.41) is 69.5. The molecule has 2 heterocycles. The highest BCUT2D eigenvalue weighted by atomic mass is 16.7. The van der Waals surface area contributed by atoms with Gasteiger partial charge in [-0.3, -0.25) is 4.79 Å². The standard InChI is InChI=1S/C22H22O12/c1-31-12-4-8(2-3-10(12)24)21-19(29)17(27)15-11(25)5-9(6-13(15)33-21)32-22-20(30)18(28)16(26)14(7-23)34-22/h2-6,14,16,18,20,22-26,28-30H,7H2,1H3/t14-,16-,18+,20-,22-/m1/s1. The van der Waals surface area contributed by atoms with Gasteiger partial charge in [-0.1, -0.05) is 0 Å². The van der Waals surface area contributed by atoms with Gasteiger partial charge in [0.1, 0.15) is 46.9 Å². The highest BCUT2D eigenvalue weighted by molar-refractivity contribution is 5.88. The van der Waals surface area contributed by atoms with Crippen LogP contribution < -0.4 is 14.9 Å².